The van der Waals surface area contributed by atoms with E-state index in [4.69, 9.17) is 14.2 Å². The van der Waals surface area contributed by atoms with E-state index in [1.807, 2.05) is 55.4 Å². The average Bonchev–Trinajstić information content (AvgIpc) is 3.59. The van der Waals surface area contributed by atoms with Crippen molar-refractivity contribution in [2.75, 3.05) is 13.2 Å². The van der Waals surface area contributed by atoms with E-state index in [1.54, 1.807) is 20.8 Å². The molecule has 2 heterocycles. The highest BCUT2D eigenvalue weighted by Crippen LogP contribution is 2.72. The number of aliphatic hydroxyl groups is 3. The van der Waals surface area contributed by atoms with Crippen LogP contribution in [0.5, 0.6) is 0 Å². The summed E-state index contributed by atoms with van der Waals surface area (Å²) in [7, 11) is 0. The highest BCUT2D eigenvalue weighted by molar-refractivity contribution is 5.82. The summed E-state index contributed by atoms with van der Waals surface area (Å²) >= 11 is 0. The van der Waals surface area contributed by atoms with Gasteiger partial charge in [0.05, 0.1) is 40.7 Å². The Morgan fingerprint density at radius 2 is 1.15 bits per heavy atom. The summed E-state index contributed by atoms with van der Waals surface area (Å²) in [6, 6.07) is 0. The van der Waals surface area contributed by atoms with Gasteiger partial charge in [-0.25, -0.2) is 4.79 Å². The first-order valence-electron chi connectivity index (χ1n) is 21.3. The first kappa shape index (κ1) is 52.7. The van der Waals surface area contributed by atoms with Crippen molar-refractivity contribution in [2.24, 2.45) is 33.0 Å². The molecule has 2 aliphatic heterocycles. The zero-order chi connectivity index (χ0) is 47.5. The molecule has 17 heteroatoms. The van der Waals surface area contributed by atoms with Crippen molar-refractivity contribution in [3.8, 4) is 0 Å². The van der Waals surface area contributed by atoms with E-state index in [9.17, 15) is 56.4 Å². The fourth-order valence-electron chi connectivity index (χ4n) is 8.95. The third-order valence-electron chi connectivity index (χ3n) is 14.7. The highest BCUT2D eigenvalue weighted by Gasteiger charge is 2.83. The number of halogens is 5. The predicted molar refractivity (Wildman–Crippen MR) is 212 cm³/mol. The van der Waals surface area contributed by atoms with Crippen molar-refractivity contribution in [1.29, 1.82) is 0 Å². The summed E-state index contributed by atoms with van der Waals surface area (Å²) in [5, 5.41) is 31.4. The molecule has 0 aromatic heterocycles. The van der Waals surface area contributed by atoms with Gasteiger partial charge in [-0.1, -0.05) is 20.8 Å². The average molecular weight is 887 g/mol. The first-order chi connectivity index (χ1) is 27.2. The van der Waals surface area contributed by atoms with Crippen molar-refractivity contribution in [1.82, 2.24) is 0 Å². The molecule has 61 heavy (non-hydrogen) atoms. The summed E-state index contributed by atoms with van der Waals surface area (Å²) in [5.41, 5.74) is -7.98. The molecule has 5 unspecified atom stereocenters. The molecule has 0 radical (unpaired) electrons. The van der Waals surface area contributed by atoms with Crippen LogP contribution in [0.3, 0.4) is 0 Å². The van der Waals surface area contributed by atoms with E-state index >= 15 is 0 Å². The molecule has 0 spiro atoms. The number of hydrogen-bond donors (Lipinski definition) is 3. The fraction of sp³-hybridized carbons (Fsp3) is 0.909. The second-order valence-corrected chi connectivity index (χ2v) is 21.4. The van der Waals surface area contributed by atoms with Crippen LogP contribution in [-0.2, 0) is 42.9 Å². The number of cyclic esters (lactones) is 1. The topological polar surface area (TPSA) is 175 Å². The molecule has 6 aliphatic rings. The lowest BCUT2D eigenvalue weighted by atomic mass is 9.37. The number of carbonyl (C=O) groups is 4. The minimum absolute atomic E-state index is 0.140. The molecule has 0 amide bonds. The first-order valence-corrected chi connectivity index (χ1v) is 21.3. The van der Waals surface area contributed by atoms with Gasteiger partial charge in [-0.15, -0.1) is 0 Å². The van der Waals surface area contributed by atoms with Gasteiger partial charge in [-0.3, -0.25) is 14.4 Å². The third-order valence-corrected chi connectivity index (χ3v) is 14.7. The molecule has 6 fully saturated rings. The second kappa shape index (κ2) is 16.7. The lowest BCUT2D eigenvalue weighted by molar-refractivity contribution is -0.409. The number of carbonyl (C=O) groups excluding carboxylic acids is 4. The molecular formula is C44H71F5O12. The third kappa shape index (κ3) is 9.89. The fourth-order valence-corrected chi connectivity index (χ4v) is 8.95. The Labute approximate surface area is 357 Å². The van der Waals surface area contributed by atoms with Gasteiger partial charge in [-0.05, 0) is 140 Å². The van der Waals surface area contributed by atoms with Gasteiger partial charge in [0.15, 0.2) is 0 Å². The molecule has 5 atom stereocenters. The maximum absolute atomic E-state index is 14.0. The molecule has 6 rings (SSSR count). The Kier molecular flexibility index (Phi) is 14.5. The van der Waals surface area contributed by atoms with E-state index in [2.05, 4.69) is 9.47 Å². The van der Waals surface area contributed by atoms with Crippen LogP contribution >= 0.6 is 0 Å². The number of ether oxygens (including phenoxy) is 5. The van der Waals surface area contributed by atoms with E-state index in [0.29, 0.717) is 45.1 Å². The Balaban J connectivity index is 0.000000256. The summed E-state index contributed by atoms with van der Waals surface area (Å²) in [4.78, 5) is 47.4. The summed E-state index contributed by atoms with van der Waals surface area (Å²) in [6.07, 6.45) is 0.736. The second-order valence-electron chi connectivity index (χ2n) is 21.4. The van der Waals surface area contributed by atoms with Gasteiger partial charge >= 0.3 is 41.8 Å². The van der Waals surface area contributed by atoms with Crippen LogP contribution in [-0.4, -0.2) is 98.8 Å². The normalized spacial score (nSPS) is 33.4. The van der Waals surface area contributed by atoms with Gasteiger partial charge in [0.25, 0.3) is 0 Å². The van der Waals surface area contributed by atoms with Gasteiger partial charge in [0.1, 0.15) is 5.60 Å². The molecule has 12 nitrogen and oxygen atoms in total. The summed E-state index contributed by atoms with van der Waals surface area (Å²) < 4.78 is 90.4. The number of alkyl halides is 5. The lowest BCUT2D eigenvalue weighted by Gasteiger charge is -2.70. The molecule has 0 aromatic carbocycles. The molecule has 4 saturated carbocycles. The summed E-state index contributed by atoms with van der Waals surface area (Å²) in [5.74, 6) is -11.1. The van der Waals surface area contributed by atoms with E-state index in [1.165, 1.54) is 13.8 Å². The van der Waals surface area contributed by atoms with Crippen molar-refractivity contribution >= 4 is 23.9 Å². The predicted octanol–water partition coefficient (Wildman–Crippen LogP) is 8.14. The Bertz CT molecular complexity index is 1610. The van der Waals surface area contributed by atoms with Crippen molar-refractivity contribution in [3.63, 3.8) is 0 Å². The summed E-state index contributed by atoms with van der Waals surface area (Å²) in [6.45, 7) is 23.0. The Morgan fingerprint density at radius 1 is 0.721 bits per heavy atom. The molecule has 4 bridgehead atoms. The van der Waals surface area contributed by atoms with Crippen LogP contribution in [0.25, 0.3) is 0 Å². The minimum atomic E-state index is -5.74. The standard InChI is InChI=1S/C22H38O4.C12H17F5O4.C10H16O4/c1-8-17(2,3)16(23)26-22-11-15-9-20(13-22,18(4,5)24)12-21(10-15,14-22)19(6,7)25;1-5-8(2,3)7(18)21-9(4)6-20-11(19,10(9,13)14)12(15,16)17;1-4-10(2,3)9(12)14-7-5-6-13-8(7)11/h15,24-25H,8-14H2,1-7H3;19H,5-6H2,1-4H3;7H,4-6H2,1-3H3. The van der Waals surface area contributed by atoms with Gasteiger partial charge < -0.3 is 39.0 Å². The van der Waals surface area contributed by atoms with Crippen LogP contribution in [0.1, 0.15) is 161 Å². The monoisotopic (exact) mass is 886 g/mol. The van der Waals surface area contributed by atoms with Crippen LogP contribution in [0.4, 0.5) is 22.0 Å². The maximum atomic E-state index is 14.0. The molecule has 354 valence electrons. The van der Waals surface area contributed by atoms with Crippen LogP contribution in [0.2, 0.25) is 0 Å². The zero-order valence-corrected chi connectivity index (χ0v) is 38.5. The smallest absolute Gasteiger partial charge is 0.449 e. The Morgan fingerprint density at radius 3 is 1.51 bits per heavy atom. The van der Waals surface area contributed by atoms with Crippen LogP contribution in [0, 0.1) is 33.0 Å². The molecule has 4 aliphatic carbocycles. The minimum Gasteiger partial charge on any atom is -0.463 e. The van der Waals surface area contributed by atoms with Gasteiger partial charge in [-0.2, -0.15) is 22.0 Å². The van der Waals surface area contributed by atoms with Gasteiger partial charge in [0, 0.05) is 17.3 Å². The van der Waals surface area contributed by atoms with Crippen molar-refractivity contribution < 1.29 is 80.1 Å². The number of rotatable bonds is 11. The van der Waals surface area contributed by atoms with E-state index < -0.39 is 81.2 Å². The van der Waals surface area contributed by atoms with Crippen LogP contribution in [0.15, 0.2) is 0 Å². The molecule has 0 aromatic rings. The zero-order valence-electron chi connectivity index (χ0n) is 38.5. The molecule has 3 N–H and O–H groups in total. The van der Waals surface area contributed by atoms with Crippen molar-refractivity contribution in [3.05, 3.63) is 0 Å². The van der Waals surface area contributed by atoms with E-state index in [0.717, 1.165) is 32.1 Å². The molecular weight excluding hydrogens is 815 g/mol. The van der Waals surface area contributed by atoms with Gasteiger partial charge in [0.2, 0.25) is 11.7 Å². The lowest BCUT2D eigenvalue weighted by Crippen LogP contribution is -2.70. The number of esters is 4. The van der Waals surface area contributed by atoms with Crippen molar-refractivity contribution in [2.45, 2.75) is 208 Å². The number of hydrogen-bond acceptors (Lipinski definition) is 12. The quantitative estimate of drug-likeness (QED) is 0.103. The maximum Gasteiger partial charge on any atom is 0.449 e. The highest BCUT2D eigenvalue weighted by atomic mass is 19.4. The van der Waals surface area contributed by atoms with E-state index in [-0.39, 0.29) is 29.2 Å². The SMILES string of the molecule is CCC(C)(C)C(=O)OC1(C)COC(O)(C(F)(F)F)C1(F)F.CCC(C)(C)C(=O)OC12CC3CC(C(C)(C)O)(C1)CC(C(C)(C)O)(C3)C2.CCC(C)(C)C(=O)OC1CCOC1=O. The largest absolute Gasteiger partial charge is 0.463 e. The molecule has 2 saturated heterocycles. The Hall–Kier alpha value is -2.63. The van der Waals surface area contributed by atoms with Crippen LogP contribution < -0.4 is 0 Å².